The lowest BCUT2D eigenvalue weighted by molar-refractivity contribution is 0.368. The number of ether oxygens (including phenoxy) is 3. The van der Waals surface area contributed by atoms with Gasteiger partial charge in [0.1, 0.15) is 23.0 Å². The highest BCUT2D eigenvalue weighted by Gasteiger charge is 2.19. The molecule has 2 aromatic rings. The topological polar surface area (TPSA) is 90.1 Å². The molecule has 0 unspecified atom stereocenters. The van der Waals surface area contributed by atoms with E-state index in [9.17, 15) is 0 Å². The normalized spacial score (nSPS) is 11.5. The van der Waals surface area contributed by atoms with Crippen molar-refractivity contribution in [3.05, 3.63) is 35.5 Å². The van der Waals surface area contributed by atoms with Crippen molar-refractivity contribution in [3.8, 4) is 17.2 Å². The summed E-state index contributed by atoms with van der Waals surface area (Å²) in [6.45, 7) is 7.13. The fourth-order valence-corrected chi connectivity index (χ4v) is 2.54. The lowest BCUT2D eigenvalue weighted by atomic mass is 9.94. The number of aliphatic imine (C=N–C) groups is 1. The molecule has 9 heteroatoms. The molecule has 29 heavy (non-hydrogen) atoms. The Morgan fingerprint density at radius 1 is 1.03 bits per heavy atom. The predicted octanol–water partition coefficient (Wildman–Crippen LogP) is 3.48. The van der Waals surface area contributed by atoms with Crippen LogP contribution < -0.4 is 24.8 Å². The average molecular weight is 518 g/mol. The molecule has 2 N–H and O–H groups in total. The summed E-state index contributed by atoms with van der Waals surface area (Å²) in [6, 6.07) is 3.63. The Bertz CT molecular complexity index is 790. The first-order chi connectivity index (χ1) is 13.3. The molecule has 0 aliphatic carbocycles. The van der Waals surface area contributed by atoms with Gasteiger partial charge in [0.05, 0.1) is 46.2 Å². The van der Waals surface area contributed by atoms with Crippen molar-refractivity contribution < 1.29 is 18.6 Å². The van der Waals surface area contributed by atoms with Gasteiger partial charge in [-0.2, -0.15) is 0 Å². The van der Waals surface area contributed by atoms with Gasteiger partial charge in [-0.25, -0.2) is 4.98 Å². The van der Waals surface area contributed by atoms with E-state index < -0.39 is 0 Å². The van der Waals surface area contributed by atoms with Gasteiger partial charge in [-0.15, -0.1) is 24.0 Å². The third kappa shape index (κ3) is 6.69. The Labute approximate surface area is 189 Å². The van der Waals surface area contributed by atoms with Crippen LogP contribution in [-0.4, -0.2) is 39.3 Å². The van der Waals surface area contributed by atoms with Crippen molar-refractivity contribution >= 4 is 29.9 Å². The highest BCUT2D eigenvalue weighted by molar-refractivity contribution is 14.0. The summed E-state index contributed by atoms with van der Waals surface area (Å²) in [4.78, 5) is 8.55. The fraction of sp³-hybridized carbons (Fsp3) is 0.500. The summed E-state index contributed by atoms with van der Waals surface area (Å²) in [5, 5.41) is 6.44. The first-order valence-corrected chi connectivity index (χ1v) is 9.01. The van der Waals surface area contributed by atoms with Crippen molar-refractivity contribution in [1.29, 1.82) is 0 Å². The largest absolute Gasteiger partial charge is 0.496 e. The molecule has 162 valence electrons. The monoisotopic (exact) mass is 518 g/mol. The zero-order valence-corrected chi connectivity index (χ0v) is 20.4. The third-order valence-electron chi connectivity index (χ3n) is 4.17. The molecule has 0 saturated carbocycles. The molecule has 0 fully saturated rings. The minimum atomic E-state index is -0.0767. The van der Waals surface area contributed by atoms with E-state index in [0.29, 0.717) is 42.2 Å². The molecule has 0 atom stereocenters. The lowest BCUT2D eigenvalue weighted by Gasteiger charge is -2.17. The maximum Gasteiger partial charge on any atom is 0.213 e. The van der Waals surface area contributed by atoms with Crippen LogP contribution in [0.25, 0.3) is 0 Å². The molecule has 0 aliphatic rings. The van der Waals surface area contributed by atoms with Gasteiger partial charge in [0.15, 0.2) is 5.96 Å². The van der Waals surface area contributed by atoms with Crippen molar-refractivity contribution in [1.82, 2.24) is 15.6 Å². The second-order valence-electron chi connectivity index (χ2n) is 7.16. The van der Waals surface area contributed by atoms with Crippen LogP contribution >= 0.6 is 24.0 Å². The van der Waals surface area contributed by atoms with E-state index in [-0.39, 0.29) is 29.4 Å². The van der Waals surface area contributed by atoms with Crippen LogP contribution in [0.3, 0.4) is 0 Å². The van der Waals surface area contributed by atoms with Gasteiger partial charge in [0.25, 0.3) is 0 Å². The van der Waals surface area contributed by atoms with Crippen LogP contribution in [0.15, 0.2) is 27.7 Å². The highest BCUT2D eigenvalue weighted by Crippen LogP contribution is 2.33. The molecule has 1 aromatic heterocycles. The minimum absolute atomic E-state index is 0. The summed E-state index contributed by atoms with van der Waals surface area (Å²) >= 11 is 0. The molecule has 0 amide bonds. The van der Waals surface area contributed by atoms with Crippen molar-refractivity contribution in [2.75, 3.05) is 28.4 Å². The summed E-state index contributed by atoms with van der Waals surface area (Å²) in [5.74, 6) is 4.06. The van der Waals surface area contributed by atoms with Gasteiger partial charge in [-0.1, -0.05) is 20.8 Å². The zero-order chi connectivity index (χ0) is 20.7. The number of nitrogens with zero attached hydrogens (tertiary/aromatic N) is 2. The molecule has 1 heterocycles. The molecule has 8 nitrogen and oxygen atoms in total. The number of nitrogens with one attached hydrogen (secondary N) is 2. The van der Waals surface area contributed by atoms with Crippen LogP contribution in [0.4, 0.5) is 0 Å². The number of benzene rings is 1. The fourth-order valence-electron chi connectivity index (χ4n) is 2.54. The molecule has 0 saturated heterocycles. The second-order valence-corrected chi connectivity index (χ2v) is 7.16. The van der Waals surface area contributed by atoms with Gasteiger partial charge >= 0.3 is 0 Å². The molecule has 1 aromatic carbocycles. The number of rotatable bonds is 7. The number of methoxy groups -OCH3 is 3. The number of aromatic nitrogens is 1. The average Bonchev–Trinajstić information content (AvgIpc) is 3.17. The van der Waals surface area contributed by atoms with Crippen LogP contribution in [0.2, 0.25) is 0 Å². The Balaban J connectivity index is 0.00000420. The van der Waals surface area contributed by atoms with Crippen LogP contribution in [0.5, 0.6) is 17.2 Å². The van der Waals surface area contributed by atoms with Gasteiger partial charge < -0.3 is 29.3 Å². The van der Waals surface area contributed by atoms with E-state index in [1.165, 1.54) is 0 Å². The number of oxazole rings is 1. The number of guanidine groups is 1. The first kappa shape index (κ1) is 24.9. The quantitative estimate of drug-likeness (QED) is 0.330. The molecule has 2 rings (SSSR count). The van der Waals surface area contributed by atoms with Gasteiger partial charge in [0, 0.05) is 24.6 Å². The smallest absolute Gasteiger partial charge is 0.213 e. The SMILES string of the molecule is CN=C(NCc1ncc(C(C)(C)C)o1)NCc1c(OC)cc(OC)cc1OC.I. The zero-order valence-electron chi connectivity index (χ0n) is 18.1. The highest BCUT2D eigenvalue weighted by atomic mass is 127. The van der Waals surface area contributed by atoms with Crippen molar-refractivity contribution in [2.24, 2.45) is 4.99 Å². The van der Waals surface area contributed by atoms with Crippen LogP contribution in [-0.2, 0) is 18.5 Å². The summed E-state index contributed by atoms with van der Waals surface area (Å²) in [7, 11) is 6.53. The summed E-state index contributed by atoms with van der Waals surface area (Å²) < 4.78 is 22.0. The van der Waals surface area contributed by atoms with Crippen molar-refractivity contribution in [2.45, 2.75) is 39.3 Å². The van der Waals surface area contributed by atoms with Gasteiger partial charge in [-0.05, 0) is 0 Å². The second kappa shape index (κ2) is 11.1. The molecule has 0 spiro atoms. The molecule has 0 radical (unpaired) electrons. The predicted molar refractivity (Wildman–Crippen MR) is 124 cm³/mol. The van der Waals surface area contributed by atoms with Crippen LogP contribution in [0.1, 0.15) is 38.0 Å². The Morgan fingerprint density at radius 3 is 2.07 bits per heavy atom. The maximum absolute atomic E-state index is 5.79. The van der Waals surface area contributed by atoms with E-state index in [0.717, 1.165) is 11.3 Å². The Hall–Kier alpha value is -2.17. The summed E-state index contributed by atoms with van der Waals surface area (Å²) in [5.41, 5.74) is 0.784. The number of hydrogen-bond donors (Lipinski definition) is 2. The van der Waals surface area contributed by atoms with E-state index in [4.69, 9.17) is 18.6 Å². The molecule has 0 aliphatic heterocycles. The number of halogens is 1. The Kier molecular flexibility index (Phi) is 9.54. The summed E-state index contributed by atoms with van der Waals surface area (Å²) in [6.07, 6.45) is 1.76. The standard InChI is InChI=1S/C20H30N4O4.HI/c1-20(2,3)17-11-22-18(28-17)12-24-19(21-4)23-10-14-15(26-6)8-13(25-5)9-16(14)27-7;/h8-9,11H,10,12H2,1-7H3,(H2,21,23,24);1H. The first-order valence-electron chi connectivity index (χ1n) is 9.01. The third-order valence-corrected chi connectivity index (χ3v) is 4.17. The molecular weight excluding hydrogens is 487 g/mol. The minimum Gasteiger partial charge on any atom is -0.496 e. The van der Waals surface area contributed by atoms with E-state index >= 15 is 0 Å². The number of hydrogen-bond acceptors (Lipinski definition) is 6. The van der Waals surface area contributed by atoms with E-state index in [2.05, 4.69) is 41.4 Å². The molecular formula is C20H31IN4O4. The van der Waals surface area contributed by atoms with Crippen molar-refractivity contribution in [3.63, 3.8) is 0 Å². The van der Waals surface area contributed by atoms with Gasteiger partial charge in [0.2, 0.25) is 5.89 Å². The van der Waals surface area contributed by atoms with E-state index in [1.54, 1.807) is 34.6 Å². The Morgan fingerprint density at radius 2 is 1.62 bits per heavy atom. The molecule has 0 bridgehead atoms. The van der Waals surface area contributed by atoms with E-state index in [1.807, 2.05) is 12.1 Å². The maximum atomic E-state index is 5.79. The van der Waals surface area contributed by atoms with Crippen LogP contribution in [0, 0.1) is 0 Å². The lowest BCUT2D eigenvalue weighted by Crippen LogP contribution is -2.36. The van der Waals surface area contributed by atoms with Gasteiger partial charge in [-0.3, -0.25) is 4.99 Å².